The van der Waals surface area contributed by atoms with Crippen molar-refractivity contribution in [2.24, 2.45) is 0 Å². The Kier molecular flexibility index (Phi) is 3.60. The lowest BCUT2D eigenvalue weighted by atomic mass is 10.00. The molecule has 4 nitrogen and oxygen atoms in total. The number of piperidine rings is 1. The molecule has 1 atom stereocenters. The maximum Gasteiger partial charge on any atom is 0.326 e. The standard InChI is InChI=1S/C17H17NO3/c19-16(18-10-4-3-7-15(18)17(20)21)14-9-8-12-5-1-2-6-13(12)11-14/h1-2,5-6,8-9,11,15H,3-4,7,10H2,(H,20,21)/t15-/m1/s1. The van der Waals surface area contributed by atoms with E-state index in [9.17, 15) is 14.7 Å². The molecule has 21 heavy (non-hydrogen) atoms. The molecular weight excluding hydrogens is 266 g/mol. The van der Waals surface area contributed by atoms with Gasteiger partial charge in [-0.25, -0.2) is 4.79 Å². The predicted octanol–water partition coefficient (Wildman–Crippen LogP) is 2.92. The van der Waals surface area contributed by atoms with E-state index in [0.29, 0.717) is 18.5 Å². The summed E-state index contributed by atoms with van der Waals surface area (Å²) in [7, 11) is 0. The molecule has 0 radical (unpaired) electrons. The Labute approximate surface area is 123 Å². The molecule has 0 aliphatic carbocycles. The Morgan fingerprint density at radius 1 is 1.05 bits per heavy atom. The Bertz CT molecular complexity index is 695. The van der Waals surface area contributed by atoms with Crippen LogP contribution in [0.25, 0.3) is 10.8 Å². The van der Waals surface area contributed by atoms with E-state index in [4.69, 9.17) is 0 Å². The number of carbonyl (C=O) groups is 2. The average Bonchev–Trinajstić information content (AvgIpc) is 2.53. The summed E-state index contributed by atoms with van der Waals surface area (Å²) in [5, 5.41) is 11.3. The number of hydrogen-bond acceptors (Lipinski definition) is 2. The Morgan fingerprint density at radius 2 is 1.81 bits per heavy atom. The van der Waals surface area contributed by atoms with Crippen LogP contribution < -0.4 is 0 Å². The van der Waals surface area contributed by atoms with E-state index in [0.717, 1.165) is 23.6 Å². The van der Waals surface area contributed by atoms with Gasteiger partial charge in [0.1, 0.15) is 6.04 Å². The maximum atomic E-state index is 12.6. The van der Waals surface area contributed by atoms with E-state index < -0.39 is 12.0 Å². The first-order chi connectivity index (χ1) is 10.2. The molecule has 108 valence electrons. The highest BCUT2D eigenvalue weighted by atomic mass is 16.4. The first-order valence-electron chi connectivity index (χ1n) is 7.19. The molecule has 1 amide bonds. The van der Waals surface area contributed by atoms with E-state index in [2.05, 4.69) is 0 Å². The fraction of sp³-hybridized carbons (Fsp3) is 0.294. The van der Waals surface area contributed by atoms with Crippen LogP contribution in [-0.4, -0.2) is 34.5 Å². The van der Waals surface area contributed by atoms with Crippen molar-refractivity contribution >= 4 is 22.6 Å². The van der Waals surface area contributed by atoms with Crippen molar-refractivity contribution < 1.29 is 14.7 Å². The molecular formula is C17H17NO3. The minimum absolute atomic E-state index is 0.187. The van der Waals surface area contributed by atoms with Crippen LogP contribution in [0.4, 0.5) is 0 Å². The lowest BCUT2D eigenvalue weighted by molar-refractivity contribution is -0.143. The van der Waals surface area contributed by atoms with Crippen LogP contribution in [0.15, 0.2) is 42.5 Å². The highest BCUT2D eigenvalue weighted by molar-refractivity contribution is 6.00. The Balaban J connectivity index is 1.93. The number of carboxylic acids is 1. The third-order valence-corrected chi connectivity index (χ3v) is 4.05. The van der Waals surface area contributed by atoms with Gasteiger partial charge >= 0.3 is 5.97 Å². The molecule has 0 bridgehead atoms. The SMILES string of the molecule is O=C(O)[C@H]1CCCCN1C(=O)c1ccc2ccccc2c1. The second-order valence-electron chi connectivity index (χ2n) is 5.41. The fourth-order valence-corrected chi connectivity index (χ4v) is 2.92. The van der Waals surface area contributed by atoms with Crippen molar-refractivity contribution in [2.75, 3.05) is 6.54 Å². The molecule has 1 heterocycles. The number of hydrogen-bond donors (Lipinski definition) is 1. The van der Waals surface area contributed by atoms with Gasteiger partial charge in [0.2, 0.25) is 0 Å². The van der Waals surface area contributed by atoms with E-state index >= 15 is 0 Å². The van der Waals surface area contributed by atoms with Gasteiger partial charge in [-0.2, -0.15) is 0 Å². The minimum Gasteiger partial charge on any atom is -0.480 e. The molecule has 0 unspecified atom stereocenters. The van der Waals surface area contributed by atoms with Gasteiger partial charge in [-0.05, 0) is 42.2 Å². The van der Waals surface area contributed by atoms with E-state index in [-0.39, 0.29) is 5.91 Å². The molecule has 1 fully saturated rings. The monoisotopic (exact) mass is 283 g/mol. The van der Waals surface area contributed by atoms with Crippen LogP contribution in [0.1, 0.15) is 29.6 Å². The van der Waals surface area contributed by atoms with Crippen LogP contribution in [0.2, 0.25) is 0 Å². The van der Waals surface area contributed by atoms with E-state index in [1.807, 2.05) is 36.4 Å². The third kappa shape index (κ3) is 2.61. The van der Waals surface area contributed by atoms with E-state index in [1.54, 1.807) is 6.07 Å². The van der Waals surface area contributed by atoms with Gasteiger partial charge in [0.25, 0.3) is 5.91 Å². The highest BCUT2D eigenvalue weighted by Gasteiger charge is 2.32. The van der Waals surface area contributed by atoms with Gasteiger partial charge in [-0.15, -0.1) is 0 Å². The summed E-state index contributed by atoms with van der Waals surface area (Å²) >= 11 is 0. The van der Waals surface area contributed by atoms with Crippen LogP contribution in [0.3, 0.4) is 0 Å². The smallest absolute Gasteiger partial charge is 0.326 e. The normalized spacial score (nSPS) is 18.7. The summed E-state index contributed by atoms with van der Waals surface area (Å²) in [5.41, 5.74) is 0.557. The number of amides is 1. The number of aliphatic carboxylic acids is 1. The molecule has 0 aromatic heterocycles. The lowest BCUT2D eigenvalue weighted by Crippen LogP contribution is -2.47. The topological polar surface area (TPSA) is 57.6 Å². The number of benzene rings is 2. The van der Waals surface area contributed by atoms with Crippen LogP contribution >= 0.6 is 0 Å². The molecule has 0 spiro atoms. The summed E-state index contributed by atoms with van der Waals surface area (Å²) in [6.45, 7) is 0.516. The number of nitrogens with zero attached hydrogens (tertiary/aromatic N) is 1. The molecule has 1 aliphatic rings. The number of likely N-dealkylation sites (tertiary alicyclic amines) is 1. The first-order valence-corrected chi connectivity index (χ1v) is 7.19. The number of carboxylic acid groups (broad SMARTS) is 1. The summed E-state index contributed by atoms with van der Waals surface area (Å²) in [4.78, 5) is 25.4. The van der Waals surface area contributed by atoms with E-state index in [1.165, 1.54) is 4.90 Å². The summed E-state index contributed by atoms with van der Waals surface area (Å²) in [6.07, 6.45) is 2.26. The van der Waals surface area contributed by atoms with Gasteiger partial charge in [-0.3, -0.25) is 4.79 Å². The Morgan fingerprint density at radius 3 is 2.57 bits per heavy atom. The minimum atomic E-state index is -0.913. The van der Waals surface area contributed by atoms with Gasteiger partial charge < -0.3 is 10.0 Å². The fourth-order valence-electron chi connectivity index (χ4n) is 2.92. The second-order valence-corrected chi connectivity index (χ2v) is 5.41. The average molecular weight is 283 g/mol. The largest absolute Gasteiger partial charge is 0.480 e. The third-order valence-electron chi connectivity index (χ3n) is 4.05. The van der Waals surface area contributed by atoms with Crippen molar-refractivity contribution in [1.82, 2.24) is 4.90 Å². The zero-order valence-corrected chi connectivity index (χ0v) is 11.7. The summed E-state index contributed by atoms with van der Waals surface area (Å²) < 4.78 is 0. The molecule has 2 aromatic carbocycles. The molecule has 1 aliphatic heterocycles. The number of carbonyl (C=O) groups excluding carboxylic acids is 1. The molecule has 4 heteroatoms. The molecule has 3 rings (SSSR count). The molecule has 0 saturated carbocycles. The molecule has 2 aromatic rings. The second kappa shape index (κ2) is 5.56. The van der Waals surface area contributed by atoms with Crippen LogP contribution in [0, 0.1) is 0 Å². The number of fused-ring (bicyclic) bond motifs is 1. The zero-order chi connectivity index (χ0) is 14.8. The van der Waals surface area contributed by atoms with Crippen molar-refractivity contribution in [3.8, 4) is 0 Å². The van der Waals surface area contributed by atoms with Crippen molar-refractivity contribution in [1.29, 1.82) is 0 Å². The molecule has 1 saturated heterocycles. The Hall–Kier alpha value is -2.36. The van der Waals surface area contributed by atoms with Gasteiger partial charge in [0, 0.05) is 12.1 Å². The summed E-state index contributed by atoms with van der Waals surface area (Å²) in [6, 6.07) is 12.7. The quantitative estimate of drug-likeness (QED) is 0.922. The van der Waals surface area contributed by atoms with Crippen molar-refractivity contribution in [3.05, 3.63) is 48.0 Å². The van der Waals surface area contributed by atoms with Gasteiger partial charge in [-0.1, -0.05) is 30.3 Å². The predicted molar refractivity (Wildman–Crippen MR) is 80.3 cm³/mol. The number of rotatable bonds is 2. The summed E-state index contributed by atoms with van der Waals surface area (Å²) in [5.74, 6) is -1.10. The first kappa shape index (κ1) is 13.6. The maximum absolute atomic E-state index is 12.6. The van der Waals surface area contributed by atoms with Crippen molar-refractivity contribution in [3.63, 3.8) is 0 Å². The van der Waals surface area contributed by atoms with Crippen LogP contribution in [0.5, 0.6) is 0 Å². The van der Waals surface area contributed by atoms with Crippen LogP contribution in [-0.2, 0) is 4.79 Å². The van der Waals surface area contributed by atoms with Gasteiger partial charge in [0.05, 0.1) is 0 Å². The van der Waals surface area contributed by atoms with Gasteiger partial charge in [0.15, 0.2) is 0 Å². The van der Waals surface area contributed by atoms with Crippen molar-refractivity contribution in [2.45, 2.75) is 25.3 Å². The molecule has 1 N–H and O–H groups in total. The lowest BCUT2D eigenvalue weighted by Gasteiger charge is -2.33. The highest BCUT2D eigenvalue weighted by Crippen LogP contribution is 2.22. The zero-order valence-electron chi connectivity index (χ0n) is 11.7.